The summed E-state index contributed by atoms with van der Waals surface area (Å²) in [5, 5.41) is 15.4. The molecule has 41 heavy (non-hydrogen) atoms. The Morgan fingerprint density at radius 2 is 1.93 bits per heavy atom. The number of methoxy groups -OCH3 is 1. The smallest absolute Gasteiger partial charge is 0.307 e. The molecule has 7 rings (SSSR count). The Bertz CT molecular complexity index is 1400. The average molecular weight is 559 g/mol. The number of aliphatic carboxylic acids is 1. The number of aromatic nitrogens is 2. The van der Waals surface area contributed by atoms with E-state index in [2.05, 4.69) is 62.7 Å². The van der Waals surface area contributed by atoms with Crippen LogP contribution >= 0.6 is 0 Å². The fourth-order valence-corrected chi connectivity index (χ4v) is 11.2. The van der Waals surface area contributed by atoms with Crippen LogP contribution in [0.25, 0.3) is 11.3 Å². The molecule has 4 fully saturated rings. The summed E-state index contributed by atoms with van der Waals surface area (Å²) in [6.45, 7) is 10.9. The zero-order valence-electron chi connectivity index (χ0n) is 25.4. The van der Waals surface area contributed by atoms with Gasteiger partial charge in [-0.2, -0.15) is 5.10 Å². The number of rotatable bonds is 4. The zero-order valence-corrected chi connectivity index (χ0v) is 25.4. The van der Waals surface area contributed by atoms with Crippen LogP contribution in [0.4, 0.5) is 0 Å². The van der Waals surface area contributed by atoms with Gasteiger partial charge in [0.05, 0.1) is 38.0 Å². The fraction of sp³-hybridized carbons (Fsp3) is 0.657. The highest BCUT2D eigenvalue weighted by molar-refractivity contribution is 5.72. The quantitative estimate of drug-likeness (QED) is 0.396. The molecule has 1 saturated heterocycles. The van der Waals surface area contributed by atoms with E-state index in [0.29, 0.717) is 11.8 Å². The number of carbonyl (C=O) groups is 1. The number of hydrogen-bond donors (Lipinski definition) is 1. The molecule has 1 aliphatic heterocycles. The van der Waals surface area contributed by atoms with Crippen molar-refractivity contribution in [1.29, 1.82) is 0 Å². The van der Waals surface area contributed by atoms with Crippen LogP contribution in [0.3, 0.4) is 0 Å². The molecule has 5 aliphatic rings. The Kier molecular flexibility index (Phi) is 6.11. The average Bonchev–Trinajstić information content (AvgIpc) is 3.43. The van der Waals surface area contributed by atoms with Crippen LogP contribution in [0, 0.1) is 45.3 Å². The molecule has 1 aromatic carbocycles. The Hall–Kier alpha value is -2.60. The molecule has 2 aromatic rings. The molecule has 0 radical (unpaired) electrons. The van der Waals surface area contributed by atoms with Crippen molar-refractivity contribution < 1.29 is 19.4 Å². The summed E-state index contributed by atoms with van der Waals surface area (Å²) in [7, 11) is 1.72. The fourth-order valence-electron chi connectivity index (χ4n) is 11.2. The van der Waals surface area contributed by atoms with E-state index in [1.54, 1.807) is 12.7 Å². The van der Waals surface area contributed by atoms with Crippen molar-refractivity contribution in [3.05, 3.63) is 48.2 Å². The maximum Gasteiger partial charge on any atom is 0.307 e. The Morgan fingerprint density at radius 3 is 2.71 bits per heavy atom. The summed E-state index contributed by atoms with van der Waals surface area (Å²) in [5.74, 6) is 1.16. The van der Waals surface area contributed by atoms with Gasteiger partial charge in [0, 0.05) is 17.2 Å². The van der Waals surface area contributed by atoms with Crippen LogP contribution in [0.2, 0.25) is 0 Å². The SMILES string of the molecule is COc1cccc(-c2ccnn2C2CC3(C)COCC4(C2)C2=CCC5(C)C(C(=O)O)C(C)CCC5(C)C2CCC34)c1. The van der Waals surface area contributed by atoms with Crippen LogP contribution in [-0.4, -0.2) is 41.2 Å². The molecule has 220 valence electrons. The normalized spacial score (nSPS) is 43.2. The number of carboxylic acids is 1. The van der Waals surface area contributed by atoms with Crippen LogP contribution < -0.4 is 4.74 Å². The van der Waals surface area contributed by atoms with Gasteiger partial charge in [-0.05, 0) is 97.1 Å². The van der Waals surface area contributed by atoms with E-state index in [4.69, 9.17) is 14.6 Å². The third kappa shape index (κ3) is 3.64. The van der Waals surface area contributed by atoms with Crippen LogP contribution in [0.5, 0.6) is 5.75 Å². The number of carboxylic acid groups (broad SMARTS) is 1. The van der Waals surface area contributed by atoms with Crippen molar-refractivity contribution in [2.75, 3.05) is 20.3 Å². The highest BCUT2D eigenvalue weighted by Crippen LogP contribution is 2.73. The zero-order chi connectivity index (χ0) is 28.8. The maximum atomic E-state index is 12.7. The van der Waals surface area contributed by atoms with Crippen molar-refractivity contribution in [3.8, 4) is 17.0 Å². The van der Waals surface area contributed by atoms with Crippen molar-refractivity contribution in [3.63, 3.8) is 0 Å². The van der Waals surface area contributed by atoms with Crippen molar-refractivity contribution in [1.82, 2.24) is 9.78 Å². The first-order valence-corrected chi connectivity index (χ1v) is 15.8. The van der Waals surface area contributed by atoms with Crippen molar-refractivity contribution in [2.45, 2.75) is 78.7 Å². The van der Waals surface area contributed by atoms with Gasteiger partial charge in [0.25, 0.3) is 0 Å². The maximum absolute atomic E-state index is 12.7. The minimum absolute atomic E-state index is 0.0232. The monoisotopic (exact) mass is 558 g/mol. The van der Waals surface area contributed by atoms with Gasteiger partial charge in [0.2, 0.25) is 0 Å². The van der Waals surface area contributed by atoms with E-state index in [9.17, 15) is 9.90 Å². The lowest BCUT2D eigenvalue weighted by Crippen LogP contribution is -2.64. The summed E-state index contributed by atoms with van der Waals surface area (Å²) in [5.41, 5.74) is 3.66. The van der Waals surface area contributed by atoms with Crippen molar-refractivity contribution in [2.24, 2.45) is 45.3 Å². The Labute approximate surface area is 244 Å². The number of nitrogens with zero attached hydrogens (tertiary/aromatic N) is 2. The summed E-state index contributed by atoms with van der Waals surface area (Å²) in [6.07, 6.45) is 11.9. The molecule has 2 heterocycles. The van der Waals surface area contributed by atoms with Crippen LogP contribution in [0.1, 0.15) is 78.7 Å². The molecular weight excluding hydrogens is 512 g/mol. The van der Waals surface area contributed by atoms with E-state index in [1.807, 2.05) is 12.3 Å². The highest BCUT2D eigenvalue weighted by Gasteiger charge is 2.68. The molecular formula is C35H46N2O4. The summed E-state index contributed by atoms with van der Waals surface area (Å²) in [6, 6.07) is 10.7. The molecule has 1 N–H and O–H groups in total. The predicted octanol–water partition coefficient (Wildman–Crippen LogP) is 7.42. The second-order valence-corrected chi connectivity index (χ2v) is 15.0. The molecule has 6 heteroatoms. The third-order valence-electron chi connectivity index (χ3n) is 13.1. The van der Waals surface area contributed by atoms with Gasteiger partial charge in [0.1, 0.15) is 5.75 Å². The Balaban J connectivity index is 1.31. The standard InChI is InChI=1S/C35H46N2O4/c1-22-11-14-33(3)26-9-10-29-32(2)18-24(37-28(13-16-36-37)23-7-6-8-25(17-23)40-5)19-35(29,21-41-20-32)27(26)12-15-34(33,4)30(22)31(38)39/h6-8,12-13,16-17,22,24,26,29-30H,9-11,14-15,18-21H2,1-5H3,(H,38,39). The first-order valence-electron chi connectivity index (χ1n) is 15.8. The second kappa shape index (κ2) is 9.20. The van der Waals surface area contributed by atoms with E-state index >= 15 is 0 Å². The lowest BCUT2D eigenvalue weighted by molar-refractivity contribution is -0.200. The molecule has 0 amide bonds. The van der Waals surface area contributed by atoms with Crippen LogP contribution in [0.15, 0.2) is 48.2 Å². The minimum Gasteiger partial charge on any atom is -0.497 e. The molecule has 2 bridgehead atoms. The molecule has 4 aliphatic carbocycles. The second-order valence-electron chi connectivity index (χ2n) is 15.0. The van der Waals surface area contributed by atoms with E-state index in [0.717, 1.165) is 62.3 Å². The van der Waals surface area contributed by atoms with Gasteiger partial charge in [-0.15, -0.1) is 0 Å². The van der Waals surface area contributed by atoms with Gasteiger partial charge >= 0.3 is 5.97 Å². The number of ether oxygens (including phenoxy) is 2. The van der Waals surface area contributed by atoms with Gasteiger partial charge < -0.3 is 14.6 Å². The van der Waals surface area contributed by atoms with Gasteiger partial charge in [-0.1, -0.05) is 51.5 Å². The molecule has 0 spiro atoms. The molecule has 6 nitrogen and oxygen atoms in total. The van der Waals surface area contributed by atoms with Gasteiger partial charge in [-0.3, -0.25) is 9.48 Å². The van der Waals surface area contributed by atoms with Gasteiger partial charge in [0.15, 0.2) is 0 Å². The topological polar surface area (TPSA) is 73.6 Å². The highest BCUT2D eigenvalue weighted by atomic mass is 16.5. The minimum atomic E-state index is -0.607. The summed E-state index contributed by atoms with van der Waals surface area (Å²) in [4.78, 5) is 12.7. The molecule has 9 atom stereocenters. The molecule has 9 unspecified atom stereocenters. The van der Waals surface area contributed by atoms with Crippen molar-refractivity contribution >= 4 is 5.97 Å². The van der Waals surface area contributed by atoms with E-state index < -0.39 is 5.97 Å². The predicted molar refractivity (Wildman–Crippen MR) is 158 cm³/mol. The molecule has 3 saturated carbocycles. The van der Waals surface area contributed by atoms with Gasteiger partial charge in [-0.25, -0.2) is 0 Å². The summed E-state index contributed by atoms with van der Waals surface area (Å²) < 4.78 is 14.4. The van der Waals surface area contributed by atoms with Crippen LogP contribution in [-0.2, 0) is 9.53 Å². The van der Waals surface area contributed by atoms with E-state index in [1.165, 1.54) is 12.8 Å². The summed E-state index contributed by atoms with van der Waals surface area (Å²) >= 11 is 0. The Morgan fingerprint density at radius 1 is 1.10 bits per heavy atom. The number of fused-ring (bicyclic) bond motifs is 3. The number of hydrogen-bond acceptors (Lipinski definition) is 4. The first kappa shape index (κ1) is 27.2. The first-order chi connectivity index (χ1) is 19.6. The number of benzene rings is 1. The third-order valence-corrected chi connectivity index (χ3v) is 13.1. The van der Waals surface area contributed by atoms with E-state index in [-0.39, 0.29) is 39.5 Å². The lowest BCUT2D eigenvalue weighted by atomic mass is 9.36. The number of allylic oxidation sites excluding steroid dienone is 1. The lowest BCUT2D eigenvalue weighted by Gasteiger charge is -2.69. The molecule has 1 aromatic heterocycles. The largest absolute Gasteiger partial charge is 0.497 e.